The van der Waals surface area contributed by atoms with Crippen LogP contribution in [0.3, 0.4) is 0 Å². The van der Waals surface area contributed by atoms with Gasteiger partial charge in [0.2, 0.25) is 0 Å². The van der Waals surface area contributed by atoms with E-state index in [9.17, 15) is 0 Å². The first-order valence-electron chi connectivity index (χ1n) is 5.38. The van der Waals surface area contributed by atoms with Crippen LogP contribution in [-0.4, -0.2) is 18.3 Å². The van der Waals surface area contributed by atoms with E-state index in [2.05, 4.69) is 59.4 Å². The molecule has 1 aromatic carbocycles. The average Bonchev–Trinajstić information content (AvgIpc) is 2.24. The summed E-state index contributed by atoms with van der Waals surface area (Å²) in [5.41, 5.74) is 0. The summed E-state index contributed by atoms with van der Waals surface area (Å²) in [4.78, 5) is 1.33. The summed E-state index contributed by atoms with van der Waals surface area (Å²) in [6.45, 7) is 5.44. The van der Waals surface area contributed by atoms with Crippen LogP contribution in [0.2, 0.25) is 0 Å². The van der Waals surface area contributed by atoms with Crippen LogP contribution in [0, 0.1) is 0 Å². The van der Waals surface area contributed by atoms with Crippen molar-refractivity contribution in [3.8, 4) is 0 Å². The van der Waals surface area contributed by atoms with Gasteiger partial charge in [-0.15, -0.1) is 11.8 Å². The fourth-order valence-electron chi connectivity index (χ4n) is 1.36. The van der Waals surface area contributed by atoms with Crippen molar-refractivity contribution in [3.05, 3.63) is 28.7 Å². The highest BCUT2D eigenvalue weighted by molar-refractivity contribution is 9.10. The van der Waals surface area contributed by atoms with Gasteiger partial charge in [0, 0.05) is 21.2 Å². The Kier molecular flexibility index (Phi) is 6.37. The van der Waals surface area contributed by atoms with Gasteiger partial charge in [-0.05, 0) is 31.2 Å². The van der Waals surface area contributed by atoms with Gasteiger partial charge in [0.05, 0.1) is 0 Å². The summed E-state index contributed by atoms with van der Waals surface area (Å²) >= 11 is 5.40. The maximum absolute atomic E-state index is 3.49. The van der Waals surface area contributed by atoms with Gasteiger partial charge in [-0.3, -0.25) is 0 Å². The standard InChI is InChI=1S/C12H18BrNS/c1-3-11(14-4-2)9-15-12-7-5-6-10(13)8-12/h5-8,11,14H,3-4,9H2,1-2H3. The smallest absolute Gasteiger partial charge is 0.0186 e. The van der Waals surface area contributed by atoms with Crippen molar-refractivity contribution in [1.29, 1.82) is 0 Å². The van der Waals surface area contributed by atoms with Gasteiger partial charge in [0.15, 0.2) is 0 Å². The maximum Gasteiger partial charge on any atom is 0.0186 e. The Balaban J connectivity index is 2.41. The highest BCUT2D eigenvalue weighted by atomic mass is 79.9. The van der Waals surface area contributed by atoms with E-state index in [-0.39, 0.29) is 0 Å². The van der Waals surface area contributed by atoms with Crippen molar-refractivity contribution in [1.82, 2.24) is 5.32 Å². The molecule has 3 heteroatoms. The summed E-state index contributed by atoms with van der Waals surface area (Å²) in [6, 6.07) is 9.10. The Labute approximate surface area is 105 Å². The molecule has 15 heavy (non-hydrogen) atoms. The summed E-state index contributed by atoms with van der Waals surface area (Å²) < 4.78 is 1.16. The highest BCUT2D eigenvalue weighted by Crippen LogP contribution is 2.22. The molecule has 0 saturated heterocycles. The van der Waals surface area contributed by atoms with Gasteiger partial charge in [0.1, 0.15) is 0 Å². The predicted octanol–water partition coefficient (Wildman–Crippen LogP) is 3.93. The Morgan fingerprint density at radius 3 is 2.80 bits per heavy atom. The van der Waals surface area contributed by atoms with Gasteiger partial charge in [-0.1, -0.05) is 35.8 Å². The lowest BCUT2D eigenvalue weighted by Crippen LogP contribution is -2.30. The third-order valence-corrected chi connectivity index (χ3v) is 3.88. The number of hydrogen-bond donors (Lipinski definition) is 1. The van der Waals surface area contributed by atoms with Gasteiger partial charge >= 0.3 is 0 Å². The SMILES string of the molecule is CCNC(CC)CSc1cccc(Br)c1. The summed E-state index contributed by atoms with van der Waals surface area (Å²) in [5.74, 6) is 1.14. The van der Waals surface area contributed by atoms with Crippen LogP contribution in [0.5, 0.6) is 0 Å². The average molecular weight is 288 g/mol. The van der Waals surface area contributed by atoms with Crippen LogP contribution in [0.25, 0.3) is 0 Å². The van der Waals surface area contributed by atoms with Crippen LogP contribution in [0.15, 0.2) is 33.6 Å². The summed E-state index contributed by atoms with van der Waals surface area (Å²) in [5, 5.41) is 3.48. The Morgan fingerprint density at radius 2 is 2.20 bits per heavy atom. The van der Waals surface area contributed by atoms with Crippen LogP contribution in [0.4, 0.5) is 0 Å². The largest absolute Gasteiger partial charge is 0.313 e. The lowest BCUT2D eigenvalue weighted by atomic mass is 10.2. The van der Waals surface area contributed by atoms with Crippen LogP contribution in [0.1, 0.15) is 20.3 Å². The molecule has 0 saturated carbocycles. The second kappa shape index (κ2) is 7.31. The van der Waals surface area contributed by atoms with Gasteiger partial charge in [-0.2, -0.15) is 0 Å². The molecule has 84 valence electrons. The Hall–Kier alpha value is 0.01000. The molecule has 0 aliphatic rings. The lowest BCUT2D eigenvalue weighted by molar-refractivity contribution is 0.560. The van der Waals surface area contributed by atoms with E-state index in [1.807, 2.05) is 11.8 Å². The molecule has 0 amide bonds. The topological polar surface area (TPSA) is 12.0 Å². The van der Waals surface area contributed by atoms with E-state index < -0.39 is 0 Å². The zero-order chi connectivity index (χ0) is 11.1. The van der Waals surface area contributed by atoms with Crippen molar-refractivity contribution >= 4 is 27.7 Å². The van der Waals surface area contributed by atoms with Crippen LogP contribution in [-0.2, 0) is 0 Å². The van der Waals surface area contributed by atoms with Gasteiger partial charge < -0.3 is 5.32 Å². The van der Waals surface area contributed by atoms with E-state index in [0.717, 1.165) is 16.8 Å². The molecule has 1 atom stereocenters. The maximum atomic E-state index is 3.49. The molecule has 1 rings (SSSR count). The molecule has 0 aromatic heterocycles. The molecule has 1 nitrogen and oxygen atoms in total. The van der Waals surface area contributed by atoms with Crippen molar-refractivity contribution < 1.29 is 0 Å². The van der Waals surface area contributed by atoms with Crippen molar-refractivity contribution in [3.63, 3.8) is 0 Å². The zero-order valence-electron chi connectivity index (χ0n) is 9.29. The summed E-state index contributed by atoms with van der Waals surface area (Å²) in [7, 11) is 0. The highest BCUT2D eigenvalue weighted by Gasteiger charge is 2.04. The van der Waals surface area contributed by atoms with E-state index >= 15 is 0 Å². The first kappa shape index (κ1) is 13.1. The molecule has 1 aromatic rings. The second-order valence-corrected chi connectivity index (χ2v) is 5.44. The van der Waals surface area contributed by atoms with Crippen molar-refractivity contribution in [2.45, 2.75) is 31.2 Å². The molecule has 0 heterocycles. The van der Waals surface area contributed by atoms with Crippen molar-refractivity contribution in [2.75, 3.05) is 12.3 Å². The number of rotatable bonds is 6. The predicted molar refractivity (Wildman–Crippen MR) is 72.6 cm³/mol. The lowest BCUT2D eigenvalue weighted by Gasteiger charge is -2.15. The minimum absolute atomic E-state index is 0.624. The van der Waals surface area contributed by atoms with E-state index in [1.54, 1.807) is 0 Å². The number of halogens is 1. The van der Waals surface area contributed by atoms with E-state index in [4.69, 9.17) is 0 Å². The first-order valence-corrected chi connectivity index (χ1v) is 7.15. The van der Waals surface area contributed by atoms with Gasteiger partial charge in [-0.25, -0.2) is 0 Å². The van der Waals surface area contributed by atoms with Crippen LogP contribution < -0.4 is 5.32 Å². The van der Waals surface area contributed by atoms with Crippen LogP contribution >= 0.6 is 27.7 Å². The normalized spacial score (nSPS) is 12.7. The third kappa shape index (κ3) is 5.05. The Morgan fingerprint density at radius 1 is 1.40 bits per heavy atom. The fraction of sp³-hybridized carbons (Fsp3) is 0.500. The third-order valence-electron chi connectivity index (χ3n) is 2.23. The van der Waals surface area contributed by atoms with Crippen molar-refractivity contribution in [2.24, 2.45) is 0 Å². The molecule has 1 unspecified atom stereocenters. The summed E-state index contributed by atoms with van der Waals surface area (Å²) in [6.07, 6.45) is 1.19. The number of nitrogens with one attached hydrogen (secondary N) is 1. The fourth-order valence-corrected chi connectivity index (χ4v) is 3.05. The number of benzene rings is 1. The molecule has 1 N–H and O–H groups in total. The quantitative estimate of drug-likeness (QED) is 0.796. The molecular weight excluding hydrogens is 270 g/mol. The minimum Gasteiger partial charge on any atom is -0.313 e. The monoisotopic (exact) mass is 287 g/mol. The number of thioether (sulfide) groups is 1. The van der Waals surface area contributed by atoms with E-state index in [1.165, 1.54) is 11.3 Å². The Bertz CT molecular complexity index is 291. The molecule has 0 aliphatic carbocycles. The van der Waals surface area contributed by atoms with E-state index in [0.29, 0.717) is 6.04 Å². The molecule has 0 fully saturated rings. The first-order chi connectivity index (χ1) is 7.26. The molecule has 0 radical (unpaired) electrons. The minimum atomic E-state index is 0.624. The molecular formula is C12H18BrNS. The second-order valence-electron chi connectivity index (χ2n) is 3.43. The molecule has 0 bridgehead atoms. The number of hydrogen-bond acceptors (Lipinski definition) is 2. The molecule has 0 spiro atoms. The molecule has 0 aliphatic heterocycles. The zero-order valence-corrected chi connectivity index (χ0v) is 11.7. The van der Waals surface area contributed by atoms with Gasteiger partial charge in [0.25, 0.3) is 0 Å².